The Morgan fingerprint density at radius 3 is 2.55 bits per heavy atom. The van der Waals surface area contributed by atoms with Crippen LogP contribution in [-0.2, 0) is 9.47 Å². The highest BCUT2D eigenvalue weighted by molar-refractivity contribution is 5.63. The van der Waals surface area contributed by atoms with Crippen LogP contribution in [-0.4, -0.2) is 17.9 Å². The van der Waals surface area contributed by atoms with Gasteiger partial charge in [0.2, 0.25) is 0 Å². The van der Waals surface area contributed by atoms with Crippen LogP contribution in [0, 0.1) is 0 Å². The van der Waals surface area contributed by atoms with Crippen molar-refractivity contribution in [2.24, 2.45) is 0 Å². The third kappa shape index (κ3) is 0.905. The van der Waals surface area contributed by atoms with E-state index in [4.69, 9.17) is 9.47 Å². The van der Waals surface area contributed by atoms with Crippen LogP contribution in [0.5, 0.6) is 0 Å². The molecule has 2 fully saturated rings. The molecule has 3 heteroatoms. The zero-order chi connectivity index (χ0) is 7.90. The second kappa shape index (κ2) is 2.13. The fourth-order valence-electron chi connectivity index (χ4n) is 2.01. The summed E-state index contributed by atoms with van der Waals surface area (Å²) in [7, 11) is 0. The summed E-state index contributed by atoms with van der Waals surface area (Å²) >= 11 is 0. The monoisotopic (exact) mass is 156 g/mol. The molecule has 1 spiro atoms. The minimum atomic E-state index is -0.487. The summed E-state index contributed by atoms with van der Waals surface area (Å²) in [5.41, 5.74) is -0.253. The Morgan fingerprint density at radius 1 is 1.45 bits per heavy atom. The van der Waals surface area contributed by atoms with Crippen LogP contribution in [0.2, 0.25) is 0 Å². The Morgan fingerprint density at radius 2 is 2.09 bits per heavy atom. The predicted molar refractivity (Wildman–Crippen MR) is 38.2 cm³/mol. The van der Waals surface area contributed by atoms with Gasteiger partial charge in [-0.2, -0.15) is 0 Å². The van der Waals surface area contributed by atoms with Gasteiger partial charge in [-0.1, -0.05) is 0 Å². The predicted octanol–water partition coefficient (Wildman–Crippen LogP) is 1.85. The molecule has 11 heavy (non-hydrogen) atoms. The Balaban J connectivity index is 2.18. The number of ether oxygens (including phenoxy) is 2. The first kappa shape index (κ1) is 6.95. The van der Waals surface area contributed by atoms with Gasteiger partial charge in [-0.05, 0) is 32.6 Å². The number of carbonyl (C=O) groups is 1. The molecular formula is C8H12O3. The lowest BCUT2D eigenvalue weighted by Gasteiger charge is -2.22. The van der Waals surface area contributed by atoms with Crippen LogP contribution in [0.4, 0.5) is 4.79 Å². The number of cyclic esters (lactones) is 1. The first-order chi connectivity index (χ1) is 5.23. The van der Waals surface area contributed by atoms with Crippen LogP contribution in [0.25, 0.3) is 0 Å². The summed E-state index contributed by atoms with van der Waals surface area (Å²) in [5.74, 6) is 0. The van der Waals surface area contributed by atoms with E-state index in [0.29, 0.717) is 0 Å². The van der Waals surface area contributed by atoms with Crippen molar-refractivity contribution in [2.45, 2.75) is 44.3 Å². The summed E-state index contributed by atoms with van der Waals surface area (Å²) in [6, 6.07) is 0. The van der Waals surface area contributed by atoms with E-state index in [1.807, 2.05) is 6.92 Å². The normalized spacial score (nSPS) is 33.9. The topological polar surface area (TPSA) is 35.5 Å². The van der Waals surface area contributed by atoms with Gasteiger partial charge in [0, 0.05) is 0 Å². The highest BCUT2D eigenvalue weighted by Gasteiger charge is 2.50. The van der Waals surface area contributed by atoms with E-state index >= 15 is 0 Å². The molecule has 2 aliphatic rings. The lowest BCUT2D eigenvalue weighted by atomic mass is 9.96. The van der Waals surface area contributed by atoms with E-state index in [0.717, 1.165) is 25.7 Å². The van der Waals surface area contributed by atoms with Gasteiger partial charge in [-0.25, -0.2) is 4.79 Å². The lowest BCUT2D eigenvalue weighted by molar-refractivity contribution is 0.0415. The van der Waals surface area contributed by atoms with E-state index in [9.17, 15) is 4.79 Å². The van der Waals surface area contributed by atoms with Gasteiger partial charge in [0.1, 0.15) is 6.10 Å². The summed E-state index contributed by atoms with van der Waals surface area (Å²) in [6.45, 7) is 1.91. The van der Waals surface area contributed by atoms with E-state index < -0.39 is 6.16 Å². The summed E-state index contributed by atoms with van der Waals surface area (Å²) in [5, 5.41) is 0. The maximum absolute atomic E-state index is 10.8. The summed E-state index contributed by atoms with van der Waals surface area (Å²) in [6.07, 6.45) is 3.72. The molecule has 3 nitrogen and oxygen atoms in total. The largest absolute Gasteiger partial charge is 0.509 e. The molecule has 1 saturated heterocycles. The van der Waals surface area contributed by atoms with Gasteiger partial charge >= 0.3 is 6.16 Å². The van der Waals surface area contributed by atoms with Crippen LogP contribution in [0.3, 0.4) is 0 Å². The van der Waals surface area contributed by atoms with Crippen molar-refractivity contribution in [3.8, 4) is 0 Å². The molecule has 1 heterocycles. The molecule has 0 aromatic rings. The SMILES string of the molecule is C[C@@H]1OC(=O)OC12CCCC2. The Kier molecular flexibility index (Phi) is 1.34. The molecule has 0 unspecified atom stereocenters. The second-order valence-corrected chi connectivity index (χ2v) is 3.38. The van der Waals surface area contributed by atoms with Gasteiger partial charge in [-0.3, -0.25) is 0 Å². The number of rotatable bonds is 0. The van der Waals surface area contributed by atoms with Crippen molar-refractivity contribution in [1.29, 1.82) is 0 Å². The quantitative estimate of drug-likeness (QED) is 0.502. The first-order valence-corrected chi connectivity index (χ1v) is 4.13. The lowest BCUT2D eigenvalue weighted by Crippen LogP contribution is -2.34. The fraction of sp³-hybridized carbons (Fsp3) is 0.875. The highest BCUT2D eigenvalue weighted by atomic mass is 16.8. The average Bonchev–Trinajstić information content (AvgIpc) is 2.45. The number of carbonyl (C=O) groups excluding carboxylic acids is 1. The first-order valence-electron chi connectivity index (χ1n) is 4.13. The maximum atomic E-state index is 10.8. The van der Waals surface area contributed by atoms with Gasteiger partial charge in [0.05, 0.1) is 0 Å². The molecule has 2 rings (SSSR count). The Bertz CT molecular complexity index is 182. The van der Waals surface area contributed by atoms with Crippen molar-refractivity contribution >= 4 is 6.16 Å². The van der Waals surface area contributed by atoms with Crippen molar-refractivity contribution in [3.63, 3.8) is 0 Å². The third-order valence-electron chi connectivity index (χ3n) is 2.75. The van der Waals surface area contributed by atoms with E-state index in [1.165, 1.54) is 0 Å². The summed E-state index contributed by atoms with van der Waals surface area (Å²) < 4.78 is 10.1. The van der Waals surface area contributed by atoms with Gasteiger partial charge < -0.3 is 9.47 Å². The molecule has 0 bridgehead atoms. The smallest absolute Gasteiger partial charge is 0.427 e. The van der Waals surface area contributed by atoms with Crippen molar-refractivity contribution in [2.75, 3.05) is 0 Å². The molecule has 1 saturated carbocycles. The molecule has 0 N–H and O–H groups in total. The standard InChI is InChI=1S/C8H12O3/c1-6-8(4-2-3-5-8)11-7(9)10-6/h6H,2-5H2,1H3/t6-/m0/s1. The molecule has 0 amide bonds. The molecule has 1 atom stereocenters. The number of hydrogen-bond donors (Lipinski definition) is 0. The number of hydrogen-bond acceptors (Lipinski definition) is 3. The van der Waals surface area contributed by atoms with Gasteiger partial charge in [0.15, 0.2) is 5.60 Å². The zero-order valence-electron chi connectivity index (χ0n) is 6.63. The molecule has 62 valence electrons. The minimum Gasteiger partial charge on any atom is -0.427 e. The van der Waals surface area contributed by atoms with Gasteiger partial charge in [0.25, 0.3) is 0 Å². The molecular weight excluding hydrogens is 144 g/mol. The molecule has 1 aliphatic carbocycles. The molecule has 1 aliphatic heterocycles. The van der Waals surface area contributed by atoms with Crippen LogP contribution >= 0.6 is 0 Å². The molecule has 0 radical (unpaired) electrons. The third-order valence-corrected chi connectivity index (χ3v) is 2.75. The van der Waals surface area contributed by atoms with Crippen molar-refractivity contribution < 1.29 is 14.3 Å². The second-order valence-electron chi connectivity index (χ2n) is 3.38. The van der Waals surface area contributed by atoms with E-state index in [1.54, 1.807) is 0 Å². The zero-order valence-corrected chi connectivity index (χ0v) is 6.63. The van der Waals surface area contributed by atoms with Crippen LogP contribution in [0.15, 0.2) is 0 Å². The minimum absolute atomic E-state index is 0.0440. The van der Waals surface area contributed by atoms with E-state index in [2.05, 4.69) is 0 Å². The maximum Gasteiger partial charge on any atom is 0.509 e. The van der Waals surface area contributed by atoms with Crippen LogP contribution in [0.1, 0.15) is 32.6 Å². The van der Waals surface area contributed by atoms with Gasteiger partial charge in [-0.15, -0.1) is 0 Å². The van der Waals surface area contributed by atoms with E-state index in [-0.39, 0.29) is 11.7 Å². The Hall–Kier alpha value is -0.730. The summed E-state index contributed by atoms with van der Waals surface area (Å²) in [4.78, 5) is 10.8. The van der Waals surface area contributed by atoms with Crippen molar-refractivity contribution in [3.05, 3.63) is 0 Å². The molecule has 0 aromatic heterocycles. The highest BCUT2D eigenvalue weighted by Crippen LogP contribution is 2.41. The fourth-order valence-corrected chi connectivity index (χ4v) is 2.01. The molecule has 0 aromatic carbocycles. The van der Waals surface area contributed by atoms with Crippen LogP contribution < -0.4 is 0 Å². The van der Waals surface area contributed by atoms with Crippen molar-refractivity contribution in [1.82, 2.24) is 0 Å². The average molecular weight is 156 g/mol. The Labute approximate surface area is 65.7 Å².